The van der Waals surface area contributed by atoms with Crippen molar-refractivity contribution < 1.29 is 13.2 Å². The Morgan fingerprint density at radius 2 is 2.07 bits per heavy atom. The summed E-state index contributed by atoms with van der Waals surface area (Å²) < 4.78 is 29.6. The normalized spacial score (nSPS) is 14.5. The summed E-state index contributed by atoms with van der Waals surface area (Å²) >= 11 is 0. The minimum absolute atomic E-state index is 0.0227. The molecule has 6 heteroatoms. The van der Waals surface area contributed by atoms with Crippen molar-refractivity contribution in [3.8, 4) is 0 Å². The Morgan fingerprint density at radius 3 is 2.53 bits per heavy atom. The zero-order valence-corrected chi connectivity index (χ0v) is 10.6. The molecule has 0 heterocycles. The number of nitrogens with two attached hydrogens (primary N) is 1. The molecule has 0 aliphatic carbocycles. The third-order valence-electron chi connectivity index (χ3n) is 2.06. The van der Waals surface area contributed by atoms with E-state index < -0.39 is 10.0 Å². The SMILES string of the molecule is CCOCCS(=O)(=O)N(C)CCC(C)N. The molecule has 0 aromatic rings. The van der Waals surface area contributed by atoms with Crippen LogP contribution in [-0.4, -0.2) is 51.3 Å². The second kappa shape index (κ2) is 7.16. The molecule has 0 fully saturated rings. The lowest BCUT2D eigenvalue weighted by Crippen LogP contribution is -2.34. The summed E-state index contributed by atoms with van der Waals surface area (Å²) in [6.07, 6.45) is 0.671. The van der Waals surface area contributed by atoms with Gasteiger partial charge in [0.1, 0.15) is 0 Å². The van der Waals surface area contributed by atoms with Crippen LogP contribution in [0.1, 0.15) is 20.3 Å². The summed E-state index contributed by atoms with van der Waals surface area (Å²) in [5, 5.41) is 0. The van der Waals surface area contributed by atoms with E-state index >= 15 is 0 Å². The minimum atomic E-state index is -3.18. The van der Waals surface area contributed by atoms with Crippen molar-refractivity contribution in [2.24, 2.45) is 5.73 Å². The summed E-state index contributed by atoms with van der Waals surface area (Å²) in [5.74, 6) is 0.0380. The average Bonchev–Trinajstić information content (AvgIpc) is 2.14. The first-order valence-corrected chi connectivity index (χ1v) is 6.78. The van der Waals surface area contributed by atoms with Crippen LogP contribution in [0.3, 0.4) is 0 Å². The Kier molecular flexibility index (Phi) is 7.08. The highest BCUT2D eigenvalue weighted by atomic mass is 32.2. The van der Waals surface area contributed by atoms with Crippen LogP contribution in [0.4, 0.5) is 0 Å². The van der Waals surface area contributed by atoms with Crippen LogP contribution in [0.2, 0.25) is 0 Å². The van der Waals surface area contributed by atoms with Gasteiger partial charge in [0.15, 0.2) is 0 Å². The number of rotatable bonds is 8. The maximum atomic E-state index is 11.6. The van der Waals surface area contributed by atoms with Crippen LogP contribution in [0.25, 0.3) is 0 Å². The molecule has 0 spiro atoms. The van der Waals surface area contributed by atoms with Gasteiger partial charge in [-0.3, -0.25) is 0 Å². The molecule has 0 saturated carbocycles. The quantitative estimate of drug-likeness (QED) is 0.605. The highest BCUT2D eigenvalue weighted by molar-refractivity contribution is 7.89. The van der Waals surface area contributed by atoms with Crippen LogP contribution in [-0.2, 0) is 14.8 Å². The molecule has 0 aromatic heterocycles. The van der Waals surface area contributed by atoms with E-state index in [1.165, 1.54) is 4.31 Å². The van der Waals surface area contributed by atoms with E-state index in [4.69, 9.17) is 10.5 Å². The first-order chi connectivity index (χ1) is 6.90. The number of hydrogen-bond acceptors (Lipinski definition) is 4. The molecule has 0 radical (unpaired) electrons. The Morgan fingerprint density at radius 1 is 1.47 bits per heavy atom. The highest BCUT2D eigenvalue weighted by Gasteiger charge is 2.17. The van der Waals surface area contributed by atoms with Gasteiger partial charge in [-0.05, 0) is 20.3 Å². The van der Waals surface area contributed by atoms with Gasteiger partial charge in [-0.15, -0.1) is 0 Å². The van der Waals surface area contributed by atoms with Gasteiger partial charge >= 0.3 is 0 Å². The summed E-state index contributed by atoms with van der Waals surface area (Å²) in [6, 6.07) is 0.0227. The smallest absolute Gasteiger partial charge is 0.216 e. The molecule has 0 saturated heterocycles. The second-order valence-corrected chi connectivity index (χ2v) is 5.80. The van der Waals surface area contributed by atoms with E-state index in [1.807, 2.05) is 13.8 Å². The fourth-order valence-corrected chi connectivity index (χ4v) is 2.01. The van der Waals surface area contributed by atoms with Crippen LogP contribution in [0, 0.1) is 0 Å². The monoisotopic (exact) mass is 238 g/mol. The van der Waals surface area contributed by atoms with Crippen LogP contribution >= 0.6 is 0 Å². The van der Waals surface area contributed by atoms with E-state index in [2.05, 4.69) is 0 Å². The lowest BCUT2D eigenvalue weighted by Gasteiger charge is -2.17. The first-order valence-electron chi connectivity index (χ1n) is 5.17. The van der Waals surface area contributed by atoms with E-state index in [0.29, 0.717) is 19.6 Å². The van der Waals surface area contributed by atoms with Gasteiger partial charge in [0.25, 0.3) is 0 Å². The molecule has 0 amide bonds. The Hall–Kier alpha value is -0.170. The number of nitrogens with zero attached hydrogens (tertiary/aromatic N) is 1. The van der Waals surface area contributed by atoms with Gasteiger partial charge in [-0.2, -0.15) is 0 Å². The van der Waals surface area contributed by atoms with Crippen molar-refractivity contribution in [1.82, 2.24) is 4.31 Å². The van der Waals surface area contributed by atoms with E-state index in [9.17, 15) is 8.42 Å². The molecule has 1 atom stereocenters. The fourth-order valence-electron chi connectivity index (χ4n) is 0.989. The molecule has 0 aliphatic heterocycles. The maximum absolute atomic E-state index is 11.6. The van der Waals surface area contributed by atoms with Crippen molar-refractivity contribution >= 4 is 10.0 Å². The standard InChI is InChI=1S/C9H22N2O3S/c1-4-14-7-8-15(12,13)11(3)6-5-9(2)10/h9H,4-8,10H2,1-3H3. The molecular formula is C9H22N2O3S. The summed E-state index contributed by atoms with van der Waals surface area (Å²) in [6.45, 7) is 4.96. The van der Waals surface area contributed by atoms with Gasteiger partial charge < -0.3 is 10.5 Å². The summed E-state index contributed by atoms with van der Waals surface area (Å²) in [5.41, 5.74) is 5.56. The van der Waals surface area contributed by atoms with Crippen molar-refractivity contribution in [3.63, 3.8) is 0 Å². The summed E-state index contributed by atoms with van der Waals surface area (Å²) in [4.78, 5) is 0. The molecule has 2 N–H and O–H groups in total. The molecule has 5 nitrogen and oxygen atoms in total. The van der Waals surface area contributed by atoms with Gasteiger partial charge in [-0.25, -0.2) is 12.7 Å². The third-order valence-corrected chi connectivity index (χ3v) is 3.88. The molecule has 0 bridgehead atoms. The summed E-state index contributed by atoms with van der Waals surface area (Å²) in [7, 11) is -1.60. The van der Waals surface area contributed by atoms with Crippen LogP contribution < -0.4 is 5.73 Å². The third kappa shape index (κ3) is 6.83. The van der Waals surface area contributed by atoms with Gasteiger partial charge in [0, 0.05) is 26.2 Å². The first kappa shape index (κ1) is 14.8. The fraction of sp³-hybridized carbons (Fsp3) is 1.00. The molecule has 0 aromatic carbocycles. The number of sulfonamides is 1. The number of ether oxygens (including phenoxy) is 1. The zero-order valence-electron chi connectivity index (χ0n) is 9.77. The van der Waals surface area contributed by atoms with Gasteiger partial charge in [0.2, 0.25) is 10.0 Å². The second-order valence-electron chi connectivity index (χ2n) is 3.60. The van der Waals surface area contributed by atoms with Crippen LogP contribution in [0.5, 0.6) is 0 Å². The Balaban J connectivity index is 3.97. The topological polar surface area (TPSA) is 72.6 Å². The van der Waals surface area contributed by atoms with E-state index in [0.717, 1.165) is 0 Å². The predicted molar refractivity (Wildman–Crippen MR) is 61.2 cm³/mol. The van der Waals surface area contributed by atoms with Crippen LogP contribution in [0.15, 0.2) is 0 Å². The lowest BCUT2D eigenvalue weighted by atomic mass is 10.2. The molecule has 0 rings (SSSR count). The van der Waals surface area contributed by atoms with Gasteiger partial charge in [-0.1, -0.05) is 0 Å². The van der Waals surface area contributed by atoms with Crippen molar-refractivity contribution in [2.45, 2.75) is 26.3 Å². The Labute approximate surface area is 92.6 Å². The van der Waals surface area contributed by atoms with Crippen molar-refractivity contribution in [3.05, 3.63) is 0 Å². The zero-order chi connectivity index (χ0) is 11.9. The maximum Gasteiger partial charge on any atom is 0.216 e. The lowest BCUT2D eigenvalue weighted by molar-refractivity contribution is 0.162. The minimum Gasteiger partial charge on any atom is -0.381 e. The average molecular weight is 238 g/mol. The molecule has 0 aliphatic rings. The Bertz CT molecular complexity index is 252. The highest BCUT2D eigenvalue weighted by Crippen LogP contribution is 2.00. The van der Waals surface area contributed by atoms with Crippen molar-refractivity contribution in [1.29, 1.82) is 0 Å². The molecule has 1 unspecified atom stereocenters. The molecule has 92 valence electrons. The molecular weight excluding hydrogens is 216 g/mol. The largest absolute Gasteiger partial charge is 0.381 e. The predicted octanol–water partition coefficient (Wildman–Crippen LogP) is 0.0218. The van der Waals surface area contributed by atoms with E-state index in [-0.39, 0.29) is 18.4 Å². The van der Waals surface area contributed by atoms with Gasteiger partial charge in [0.05, 0.1) is 12.4 Å². The molecule has 15 heavy (non-hydrogen) atoms. The van der Waals surface area contributed by atoms with E-state index in [1.54, 1.807) is 7.05 Å². The van der Waals surface area contributed by atoms with Crippen molar-refractivity contribution in [2.75, 3.05) is 32.6 Å². The number of hydrogen-bond donors (Lipinski definition) is 1.